The van der Waals surface area contributed by atoms with Gasteiger partial charge in [0.25, 0.3) is 0 Å². The molecule has 1 fully saturated rings. The summed E-state index contributed by atoms with van der Waals surface area (Å²) in [7, 11) is 6.33. The molecule has 4 N–H and O–H groups in total. The summed E-state index contributed by atoms with van der Waals surface area (Å²) in [4.78, 5) is 15.1. The summed E-state index contributed by atoms with van der Waals surface area (Å²) in [6, 6.07) is 8.54. The van der Waals surface area contributed by atoms with Gasteiger partial charge in [-0.05, 0) is 76.0 Å². The number of pyridine rings is 1. The summed E-state index contributed by atoms with van der Waals surface area (Å²) >= 11 is 0. The highest BCUT2D eigenvalue weighted by molar-refractivity contribution is 6.00. The van der Waals surface area contributed by atoms with Crippen LogP contribution in [-0.2, 0) is 0 Å². The van der Waals surface area contributed by atoms with Crippen molar-refractivity contribution in [3.8, 4) is 11.4 Å². The van der Waals surface area contributed by atoms with Gasteiger partial charge in [-0.25, -0.2) is 0 Å². The average Bonchev–Trinajstić information content (AvgIpc) is 3.50. The summed E-state index contributed by atoms with van der Waals surface area (Å²) in [5.41, 5.74) is 15.7. The van der Waals surface area contributed by atoms with E-state index in [1.54, 1.807) is 6.20 Å². The molecule has 0 bridgehead atoms. The second-order valence-electron chi connectivity index (χ2n) is 10.7. The lowest BCUT2D eigenvalue weighted by Crippen LogP contribution is -2.44. The van der Waals surface area contributed by atoms with Crippen molar-refractivity contribution in [2.75, 3.05) is 58.8 Å². The number of hydrogen-bond donors (Lipinski definition) is 3. The van der Waals surface area contributed by atoms with E-state index in [4.69, 9.17) is 10.8 Å². The van der Waals surface area contributed by atoms with E-state index in [2.05, 4.69) is 101 Å². The van der Waals surface area contributed by atoms with Gasteiger partial charge in [0.1, 0.15) is 5.69 Å². The first-order chi connectivity index (χ1) is 18.3. The van der Waals surface area contributed by atoms with Crippen molar-refractivity contribution in [1.29, 1.82) is 0 Å². The molecule has 0 spiro atoms. The van der Waals surface area contributed by atoms with Crippen LogP contribution in [0, 0.1) is 0 Å². The minimum atomic E-state index is 0.834. The quantitative estimate of drug-likeness (QED) is 0.315. The molecule has 5 rings (SSSR count). The van der Waals surface area contributed by atoms with Gasteiger partial charge in [-0.3, -0.25) is 10.1 Å². The molecular weight excluding hydrogens is 472 g/mol. The first-order valence-corrected chi connectivity index (χ1v) is 13.1. The topological polar surface area (TPSA) is 93.1 Å². The lowest BCUT2D eigenvalue weighted by Gasteiger charge is -2.34. The van der Waals surface area contributed by atoms with Crippen molar-refractivity contribution in [3.63, 3.8) is 0 Å². The zero-order valence-electron chi connectivity index (χ0n) is 23.0. The predicted octanol–water partition coefficient (Wildman–Crippen LogP) is 4.61. The third-order valence-electron chi connectivity index (χ3n) is 7.01. The van der Waals surface area contributed by atoms with Crippen LogP contribution in [0.5, 0.6) is 0 Å². The average molecular weight is 511 g/mol. The summed E-state index contributed by atoms with van der Waals surface area (Å²) in [5, 5.41) is 10.1. The number of anilines is 1. The number of hydrogen-bond acceptors (Lipinski definition) is 6. The number of nitrogens with zero attached hydrogens (tertiary/aromatic N) is 5. The molecule has 38 heavy (non-hydrogen) atoms. The van der Waals surface area contributed by atoms with E-state index in [-0.39, 0.29) is 0 Å². The van der Waals surface area contributed by atoms with Gasteiger partial charge in [-0.15, -0.1) is 0 Å². The molecule has 3 aromatic heterocycles. The summed E-state index contributed by atoms with van der Waals surface area (Å²) in [6.45, 7) is 9.16. The van der Waals surface area contributed by atoms with Crippen LogP contribution in [0.15, 0.2) is 66.2 Å². The van der Waals surface area contributed by atoms with E-state index < -0.39 is 0 Å². The molecule has 1 aliphatic rings. The van der Waals surface area contributed by atoms with Crippen molar-refractivity contribution in [1.82, 2.24) is 30.0 Å². The van der Waals surface area contributed by atoms with Gasteiger partial charge < -0.3 is 25.4 Å². The molecule has 0 saturated carbocycles. The third-order valence-corrected chi connectivity index (χ3v) is 7.01. The van der Waals surface area contributed by atoms with E-state index in [1.165, 1.54) is 22.2 Å². The minimum absolute atomic E-state index is 0.834. The van der Waals surface area contributed by atoms with Crippen LogP contribution in [0.25, 0.3) is 38.8 Å². The zero-order valence-corrected chi connectivity index (χ0v) is 23.0. The predicted molar refractivity (Wildman–Crippen MR) is 159 cm³/mol. The molecule has 8 heteroatoms. The number of nitrogens with two attached hydrogens (primary N) is 1. The minimum Gasteiger partial charge on any atom is -0.404 e. The van der Waals surface area contributed by atoms with Crippen LogP contribution in [0.2, 0.25) is 0 Å². The zero-order chi connectivity index (χ0) is 26.8. The van der Waals surface area contributed by atoms with Crippen molar-refractivity contribution in [3.05, 3.63) is 71.7 Å². The van der Waals surface area contributed by atoms with Crippen LogP contribution in [0.1, 0.15) is 19.4 Å². The van der Waals surface area contributed by atoms with E-state index in [9.17, 15) is 0 Å². The Labute approximate surface area is 224 Å². The maximum Gasteiger partial charge on any atom is 0.116 e. The number of piperazine rings is 1. The Balaban J connectivity index is 1.53. The Hall–Kier alpha value is -3.88. The molecule has 0 amide bonds. The van der Waals surface area contributed by atoms with E-state index in [1.807, 2.05) is 12.4 Å². The highest BCUT2D eigenvalue weighted by Crippen LogP contribution is 2.34. The molecule has 1 saturated heterocycles. The standard InChI is InChI=1S/C30H38N8/c1-20(2)12-21(19-36(3)4)13-23(16-31)22-6-7-26-25(14-22)30(35-34-26)27-15-24-28(33-27)17-32-18-29(24)38-10-8-37(5)9-11-38/h6-7,12-18,33H,8-11,19,31H2,1-5H3,(H,34,35)/b21-13+,23-16+. The van der Waals surface area contributed by atoms with Crippen LogP contribution in [0.4, 0.5) is 5.69 Å². The molecule has 0 atom stereocenters. The van der Waals surface area contributed by atoms with Crippen molar-refractivity contribution < 1.29 is 0 Å². The van der Waals surface area contributed by atoms with Gasteiger partial charge >= 0.3 is 0 Å². The Bertz CT molecular complexity index is 1520. The van der Waals surface area contributed by atoms with E-state index >= 15 is 0 Å². The molecule has 1 aliphatic heterocycles. The number of aromatic nitrogens is 4. The summed E-state index contributed by atoms with van der Waals surface area (Å²) in [6.07, 6.45) is 9.95. The lowest BCUT2D eigenvalue weighted by atomic mass is 10.00. The van der Waals surface area contributed by atoms with Gasteiger partial charge in [0.2, 0.25) is 0 Å². The number of H-pyrrole nitrogens is 2. The number of aromatic amines is 2. The maximum atomic E-state index is 6.15. The molecule has 4 heterocycles. The molecule has 0 unspecified atom stereocenters. The maximum absolute atomic E-state index is 6.15. The number of allylic oxidation sites excluding steroid dienone is 3. The van der Waals surface area contributed by atoms with Crippen molar-refractivity contribution in [2.24, 2.45) is 5.73 Å². The molecular formula is C30H38N8. The van der Waals surface area contributed by atoms with Crippen LogP contribution < -0.4 is 10.6 Å². The number of likely N-dealkylation sites (N-methyl/N-ethyl adjacent to an activating group) is 2. The highest BCUT2D eigenvalue weighted by atomic mass is 15.3. The fourth-order valence-corrected chi connectivity index (χ4v) is 5.16. The summed E-state index contributed by atoms with van der Waals surface area (Å²) < 4.78 is 0. The number of nitrogens with one attached hydrogen (secondary N) is 2. The Kier molecular flexibility index (Phi) is 7.35. The number of fused-ring (bicyclic) bond motifs is 2. The van der Waals surface area contributed by atoms with Crippen LogP contribution in [-0.4, -0.2) is 83.8 Å². The van der Waals surface area contributed by atoms with Gasteiger partial charge in [-0.1, -0.05) is 17.7 Å². The highest BCUT2D eigenvalue weighted by Gasteiger charge is 2.19. The van der Waals surface area contributed by atoms with E-state index in [0.29, 0.717) is 0 Å². The number of benzene rings is 1. The van der Waals surface area contributed by atoms with Gasteiger partial charge in [0.05, 0.1) is 34.8 Å². The van der Waals surface area contributed by atoms with Gasteiger partial charge in [0, 0.05) is 49.7 Å². The van der Waals surface area contributed by atoms with Crippen LogP contribution >= 0.6 is 0 Å². The Morgan fingerprint density at radius 3 is 2.53 bits per heavy atom. The normalized spacial score (nSPS) is 15.7. The first kappa shape index (κ1) is 25.8. The molecule has 0 radical (unpaired) electrons. The number of rotatable bonds is 7. The first-order valence-electron chi connectivity index (χ1n) is 13.1. The monoisotopic (exact) mass is 510 g/mol. The second-order valence-corrected chi connectivity index (χ2v) is 10.7. The molecule has 1 aromatic carbocycles. The third kappa shape index (κ3) is 5.37. The second kappa shape index (κ2) is 10.8. The van der Waals surface area contributed by atoms with Crippen LogP contribution in [0.3, 0.4) is 0 Å². The Morgan fingerprint density at radius 2 is 1.82 bits per heavy atom. The smallest absolute Gasteiger partial charge is 0.116 e. The summed E-state index contributed by atoms with van der Waals surface area (Å²) in [5.74, 6) is 0. The largest absolute Gasteiger partial charge is 0.404 e. The van der Waals surface area contributed by atoms with Gasteiger partial charge in [-0.2, -0.15) is 5.10 Å². The fraction of sp³-hybridized carbons (Fsp3) is 0.333. The molecule has 4 aromatic rings. The molecule has 0 aliphatic carbocycles. The SMILES string of the molecule is CC(C)=C/C(=C\C(=C/N)c1ccc2[nH]nc(-c3cc4c(N5CCN(C)CC5)cncc4[nH]3)c2c1)CN(C)C. The van der Waals surface area contributed by atoms with Gasteiger partial charge in [0.15, 0.2) is 0 Å². The van der Waals surface area contributed by atoms with Crippen molar-refractivity contribution in [2.45, 2.75) is 13.8 Å². The van der Waals surface area contributed by atoms with Crippen molar-refractivity contribution >= 4 is 33.1 Å². The lowest BCUT2D eigenvalue weighted by molar-refractivity contribution is 0.313. The molecule has 8 nitrogen and oxygen atoms in total. The van der Waals surface area contributed by atoms with E-state index in [0.717, 1.165) is 71.7 Å². The Morgan fingerprint density at radius 1 is 1.03 bits per heavy atom. The fourth-order valence-electron chi connectivity index (χ4n) is 5.16. The molecule has 198 valence electrons.